The number of amides is 1. The zero-order valence-electron chi connectivity index (χ0n) is 18.3. The number of aryl methyl sites for hydroxylation is 2. The first-order valence-corrected chi connectivity index (χ1v) is 10.5. The van der Waals surface area contributed by atoms with E-state index in [1.165, 1.54) is 11.2 Å². The summed E-state index contributed by atoms with van der Waals surface area (Å²) in [6.07, 6.45) is 1.52. The van der Waals surface area contributed by atoms with Crippen LogP contribution in [0.3, 0.4) is 0 Å². The Morgan fingerprint density at radius 3 is 2.56 bits per heavy atom. The topological polar surface area (TPSA) is 80.0 Å². The molecule has 1 fully saturated rings. The van der Waals surface area contributed by atoms with Gasteiger partial charge in [-0.3, -0.25) is 9.59 Å². The van der Waals surface area contributed by atoms with Crippen LogP contribution in [0.25, 0.3) is 5.76 Å². The fourth-order valence-electron chi connectivity index (χ4n) is 3.95. The number of ether oxygens (including phenoxy) is 1. The summed E-state index contributed by atoms with van der Waals surface area (Å²) in [4.78, 5) is 27.6. The molecule has 0 aliphatic carbocycles. The van der Waals surface area contributed by atoms with Crippen molar-refractivity contribution in [1.29, 1.82) is 0 Å². The van der Waals surface area contributed by atoms with Crippen LogP contribution in [-0.2, 0) is 16.1 Å². The number of benzene rings is 2. The zero-order chi connectivity index (χ0) is 22.8. The molecule has 1 atom stereocenters. The third-order valence-electron chi connectivity index (χ3n) is 5.71. The van der Waals surface area contributed by atoms with E-state index in [0.717, 1.165) is 11.1 Å². The first-order valence-electron chi connectivity index (χ1n) is 10.5. The molecule has 32 heavy (non-hydrogen) atoms. The molecule has 0 saturated carbocycles. The van der Waals surface area contributed by atoms with Crippen molar-refractivity contribution in [2.24, 2.45) is 0 Å². The molecule has 1 aliphatic heterocycles. The van der Waals surface area contributed by atoms with Crippen LogP contribution in [0.4, 0.5) is 0 Å². The molecule has 1 amide bonds. The normalized spacial score (nSPS) is 17.7. The van der Waals surface area contributed by atoms with Crippen LogP contribution in [0.2, 0.25) is 0 Å². The maximum absolute atomic E-state index is 13.1. The van der Waals surface area contributed by atoms with Crippen molar-refractivity contribution in [2.45, 2.75) is 33.4 Å². The van der Waals surface area contributed by atoms with Crippen LogP contribution in [0.1, 0.15) is 41.0 Å². The molecule has 1 aliphatic rings. The molecule has 1 N–H and O–H groups in total. The SMILES string of the molecule is CCOc1cccc(C2/C(=C(/O)c3ccc(C)c(C)c3)C(=O)C(=O)N2Cc2ccco2)c1. The van der Waals surface area contributed by atoms with Crippen LogP contribution in [0, 0.1) is 13.8 Å². The summed E-state index contributed by atoms with van der Waals surface area (Å²) in [6.45, 7) is 6.38. The first kappa shape index (κ1) is 21.4. The molecule has 1 aromatic heterocycles. The molecule has 0 radical (unpaired) electrons. The summed E-state index contributed by atoms with van der Waals surface area (Å²) in [5.74, 6) is -0.429. The molecule has 6 heteroatoms. The summed E-state index contributed by atoms with van der Waals surface area (Å²) in [6, 6.07) is 15.4. The summed E-state index contributed by atoms with van der Waals surface area (Å²) >= 11 is 0. The molecule has 0 spiro atoms. The highest BCUT2D eigenvalue weighted by Crippen LogP contribution is 2.41. The second kappa shape index (κ2) is 8.75. The fraction of sp³-hybridized carbons (Fsp3) is 0.231. The number of nitrogens with zero attached hydrogens (tertiary/aromatic N) is 1. The van der Waals surface area contributed by atoms with Gasteiger partial charge in [0.1, 0.15) is 17.3 Å². The van der Waals surface area contributed by atoms with Crippen molar-refractivity contribution in [2.75, 3.05) is 6.61 Å². The molecule has 2 aromatic carbocycles. The van der Waals surface area contributed by atoms with E-state index in [2.05, 4.69) is 0 Å². The number of furan rings is 1. The van der Waals surface area contributed by atoms with Gasteiger partial charge in [-0.15, -0.1) is 0 Å². The van der Waals surface area contributed by atoms with Gasteiger partial charge < -0.3 is 19.2 Å². The summed E-state index contributed by atoms with van der Waals surface area (Å²) in [7, 11) is 0. The van der Waals surface area contributed by atoms with Gasteiger partial charge in [0.15, 0.2) is 0 Å². The Morgan fingerprint density at radius 1 is 1.06 bits per heavy atom. The molecular formula is C26H25NO5. The van der Waals surface area contributed by atoms with Crippen LogP contribution in [0.5, 0.6) is 5.75 Å². The Kier molecular flexibility index (Phi) is 5.86. The minimum Gasteiger partial charge on any atom is -0.507 e. The number of aliphatic hydroxyl groups excluding tert-OH is 1. The number of hydrogen-bond acceptors (Lipinski definition) is 5. The van der Waals surface area contributed by atoms with Crippen LogP contribution < -0.4 is 4.74 Å². The third kappa shape index (κ3) is 3.91. The van der Waals surface area contributed by atoms with Gasteiger partial charge in [0, 0.05) is 5.56 Å². The highest BCUT2D eigenvalue weighted by molar-refractivity contribution is 6.46. The Morgan fingerprint density at radius 2 is 1.88 bits per heavy atom. The minimum absolute atomic E-state index is 0.0541. The number of likely N-dealkylation sites (tertiary alicyclic amines) is 1. The average Bonchev–Trinajstić information content (AvgIpc) is 3.38. The molecule has 1 saturated heterocycles. The third-order valence-corrected chi connectivity index (χ3v) is 5.71. The fourth-order valence-corrected chi connectivity index (χ4v) is 3.95. The largest absolute Gasteiger partial charge is 0.507 e. The van der Waals surface area contributed by atoms with Crippen LogP contribution >= 0.6 is 0 Å². The van der Waals surface area contributed by atoms with Crippen molar-refractivity contribution < 1.29 is 23.8 Å². The number of aliphatic hydroxyl groups is 1. The Hall–Kier alpha value is -3.80. The monoisotopic (exact) mass is 431 g/mol. The van der Waals surface area contributed by atoms with Crippen molar-refractivity contribution in [3.8, 4) is 5.75 Å². The Labute approximate surface area is 186 Å². The molecular weight excluding hydrogens is 406 g/mol. The molecule has 0 bridgehead atoms. The van der Waals surface area contributed by atoms with E-state index in [1.54, 1.807) is 24.3 Å². The van der Waals surface area contributed by atoms with E-state index in [4.69, 9.17) is 9.15 Å². The number of hydrogen-bond donors (Lipinski definition) is 1. The van der Waals surface area contributed by atoms with Gasteiger partial charge in [0.05, 0.1) is 31.0 Å². The number of rotatable bonds is 6. The van der Waals surface area contributed by atoms with E-state index < -0.39 is 17.7 Å². The average molecular weight is 431 g/mol. The lowest BCUT2D eigenvalue weighted by atomic mass is 9.94. The van der Waals surface area contributed by atoms with Crippen molar-refractivity contribution in [1.82, 2.24) is 4.90 Å². The Bertz CT molecular complexity index is 1190. The molecule has 2 heterocycles. The van der Waals surface area contributed by atoms with Crippen molar-refractivity contribution in [3.63, 3.8) is 0 Å². The molecule has 1 unspecified atom stereocenters. The van der Waals surface area contributed by atoms with Crippen LogP contribution in [-0.4, -0.2) is 28.3 Å². The lowest BCUT2D eigenvalue weighted by Gasteiger charge is -2.25. The first-order chi connectivity index (χ1) is 15.4. The van der Waals surface area contributed by atoms with Crippen molar-refractivity contribution >= 4 is 17.4 Å². The summed E-state index contributed by atoms with van der Waals surface area (Å²) in [5.41, 5.74) is 3.27. The smallest absolute Gasteiger partial charge is 0.296 e. The van der Waals surface area contributed by atoms with Crippen molar-refractivity contribution in [3.05, 3.63) is 94.4 Å². The number of Topliss-reactive ketones (excluding diaryl/α,β-unsaturated/α-hetero) is 1. The van der Waals surface area contributed by atoms with Crippen LogP contribution in [0.15, 0.2) is 70.9 Å². The molecule has 6 nitrogen and oxygen atoms in total. The van der Waals surface area contributed by atoms with Gasteiger partial charge in [-0.1, -0.05) is 24.3 Å². The molecule has 164 valence electrons. The van der Waals surface area contributed by atoms with E-state index in [9.17, 15) is 14.7 Å². The lowest BCUT2D eigenvalue weighted by Crippen LogP contribution is -2.29. The van der Waals surface area contributed by atoms with Gasteiger partial charge in [-0.05, 0) is 67.8 Å². The zero-order valence-corrected chi connectivity index (χ0v) is 18.3. The molecule has 4 rings (SSSR count). The standard InChI is InChI=1S/C26H25NO5/c1-4-31-20-8-5-7-18(14-20)23-22(24(28)19-11-10-16(2)17(3)13-19)25(29)26(30)27(23)15-21-9-6-12-32-21/h5-14,23,28H,4,15H2,1-3H3/b24-22-. The highest BCUT2D eigenvalue weighted by Gasteiger charge is 2.46. The maximum atomic E-state index is 13.1. The number of ketones is 1. The van der Waals surface area contributed by atoms with Gasteiger partial charge in [0.25, 0.3) is 11.7 Å². The van der Waals surface area contributed by atoms with E-state index in [1.807, 2.05) is 51.1 Å². The van der Waals surface area contributed by atoms with E-state index in [-0.39, 0.29) is 17.9 Å². The highest BCUT2D eigenvalue weighted by atomic mass is 16.5. The predicted octanol–water partition coefficient (Wildman–Crippen LogP) is 4.92. The lowest BCUT2D eigenvalue weighted by molar-refractivity contribution is -0.140. The van der Waals surface area contributed by atoms with E-state index >= 15 is 0 Å². The minimum atomic E-state index is -0.776. The summed E-state index contributed by atoms with van der Waals surface area (Å²) in [5, 5.41) is 11.2. The number of carbonyl (C=O) groups is 2. The van der Waals surface area contributed by atoms with Gasteiger partial charge >= 0.3 is 0 Å². The predicted molar refractivity (Wildman–Crippen MR) is 120 cm³/mol. The molecule has 3 aromatic rings. The summed E-state index contributed by atoms with van der Waals surface area (Å²) < 4.78 is 11.1. The quantitative estimate of drug-likeness (QED) is 0.341. The van der Waals surface area contributed by atoms with Gasteiger partial charge in [0.2, 0.25) is 0 Å². The number of carbonyl (C=O) groups excluding carboxylic acids is 2. The Balaban J connectivity index is 1.88. The van der Waals surface area contributed by atoms with Gasteiger partial charge in [-0.25, -0.2) is 0 Å². The second-order valence-corrected chi connectivity index (χ2v) is 7.81. The second-order valence-electron chi connectivity index (χ2n) is 7.81. The van der Waals surface area contributed by atoms with Gasteiger partial charge in [-0.2, -0.15) is 0 Å². The van der Waals surface area contributed by atoms with E-state index in [0.29, 0.717) is 29.2 Å². The maximum Gasteiger partial charge on any atom is 0.296 e.